The van der Waals surface area contributed by atoms with Crippen molar-refractivity contribution in [1.29, 1.82) is 0 Å². The highest BCUT2D eigenvalue weighted by Gasteiger charge is 2.49. The predicted molar refractivity (Wildman–Crippen MR) is 107 cm³/mol. The molecule has 4 atom stereocenters. The highest BCUT2D eigenvalue weighted by molar-refractivity contribution is 5.37. The fourth-order valence-corrected chi connectivity index (χ4v) is 5.85. The lowest BCUT2D eigenvalue weighted by molar-refractivity contribution is 0.102. The predicted octanol–water partition coefficient (Wildman–Crippen LogP) is 6.59. The van der Waals surface area contributed by atoms with Crippen LogP contribution < -0.4 is 0 Å². The van der Waals surface area contributed by atoms with Crippen molar-refractivity contribution in [2.24, 2.45) is 22.7 Å². The quantitative estimate of drug-likeness (QED) is 0.600. The molecule has 0 bridgehead atoms. The van der Waals surface area contributed by atoms with E-state index in [1.165, 1.54) is 44.1 Å². The highest BCUT2D eigenvalue weighted by atomic mass is 16.3. The van der Waals surface area contributed by atoms with Gasteiger partial charge in [0.05, 0.1) is 6.10 Å². The summed E-state index contributed by atoms with van der Waals surface area (Å²) in [4.78, 5) is 0. The van der Waals surface area contributed by atoms with E-state index < -0.39 is 0 Å². The van der Waals surface area contributed by atoms with Crippen LogP contribution in [0.15, 0.2) is 35.5 Å². The van der Waals surface area contributed by atoms with Crippen LogP contribution in [0.4, 0.5) is 0 Å². The molecule has 25 heavy (non-hydrogen) atoms. The number of aliphatic hydroxyl groups is 1. The summed E-state index contributed by atoms with van der Waals surface area (Å²) in [5.41, 5.74) is 4.84. The largest absolute Gasteiger partial charge is 0.388 e. The summed E-state index contributed by atoms with van der Waals surface area (Å²) in [6.45, 7) is 13.9. The Kier molecular flexibility index (Phi) is 5.36. The summed E-state index contributed by atoms with van der Waals surface area (Å²) in [6, 6.07) is 0. The molecule has 4 unspecified atom stereocenters. The average molecular weight is 343 g/mol. The van der Waals surface area contributed by atoms with Gasteiger partial charge in [-0.25, -0.2) is 0 Å². The van der Waals surface area contributed by atoms with Crippen molar-refractivity contribution in [3.63, 3.8) is 0 Å². The summed E-state index contributed by atoms with van der Waals surface area (Å²) in [5, 5.41) is 10.1. The van der Waals surface area contributed by atoms with Gasteiger partial charge in [-0.15, -0.1) is 0 Å². The molecular formula is C24H38O. The number of rotatable bonds is 2. The molecule has 140 valence electrons. The maximum atomic E-state index is 10.1. The van der Waals surface area contributed by atoms with Crippen molar-refractivity contribution in [2.75, 3.05) is 0 Å². The lowest BCUT2D eigenvalue weighted by Gasteiger charge is -2.44. The molecule has 1 N–H and O–H groups in total. The Morgan fingerprint density at radius 3 is 2.60 bits per heavy atom. The first-order chi connectivity index (χ1) is 11.7. The van der Waals surface area contributed by atoms with E-state index in [-0.39, 0.29) is 6.10 Å². The molecule has 0 aromatic carbocycles. The van der Waals surface area contributed by atoms with E-state index in [2.05, 4.69) is 46.4 Å². The second-order valence-corrected chi connectivity index (χ2v) is 10.3. The van der Waals surface area contributed by atoms with Crippen LogP contribution in [0.1, 0.15) is 85.5 Å². The molecule has 0 aromatic rings. The monoisotopic (exact) mass is 342 g/mol. The van der Waals surface area contributed by atoms with E-state index in [0.29, 0.717) is 10.8 Å². The minimum Gasteiger partial charge on any atom is -0.388 e. The van der Waals surface area contributed by atoms with Crippen molar-refractivity contribution in [3.05, 3.63) is 35.5 Å². The zero-order valence-corrected chi connectivity index (χ0v) is 16.9. The van der Waals surface area contributed by atoms with Crippen molar-refractivity contribution < 1.29 is 5.11 Å². The van der Waals surface area contributed by atoms with Crippen molar-refractivity contribution in [2.45, 2.75) is 91.6 Å². The molecule has 0 aromatic heterocycles. The van der Waals surface area contributed by atoms with E-state index in [1.807, 2.05) is 0 Å². The Bertz CT molecular complexity index is 573. The molecule has 0 saturated heterocycles. The number of fused-ring (bicyclic) bond motifs is 1. The van der Waals surface area contributed by atoms with Crippen LogP contribution in [0.25, 0.3) is 0 Å². The van der Waals surface area contributed by atoms with E-state index in [0.717, 1.165) is 36.7 Å². The minimum atomic E-state index is -0.322. The molecule has 3 rings (SSSR count). The first-order valence-electron chi connectivity index (χ1n) is 10.5. The number of aliphatic hydroxyl groups excluding tert-OH is 1. The Balaban J connectivity index is 1.79. The molecule has 3 saturated carbocycles. The molecule has 3 fully saturated rings. The van der Waals surface area contributed by atoms with Crippen molar-refractivity contribution in [1.82, 2.24) is 0 Å². The maximum Gasteiger partial charge on any atom is 0.0787 e. The number of allylic oxidation sites excluding steroid dienone is 3. The zero-order valence-electron chi connectivity index (χ0n) is 16.9. The summed E-state index contributed by atoms with van der Waals surface area (Å²) >= 11 is 0. The third-order valence-electron chi connectivity index (χ3n) is 7.26. The smallest absolute Gasteiger partial charge is 0.0787 e. The standard InChI is InChI=1S/C24H38O/c1-17-18(8-6-10-22(17)25)11-12-19-9-7-15-24(5)20(13-14-21(19)24)16-23(2,3)4/h11-12,20-22,25H,1,6-10,13-16H2,2-5H3/b18-11-,19-12+. The number of hydrogen-bond donors (Lipinski definition) is 1. The van der Waals surface area contributed by atoms with Crippen LogP contribution >= 0.6 is 0 Å². The minimum absolute atomic E-state index is 0.322. The van der Waals surface area contributed by atoms with E-state index in [9.17, 15) is 5.11 Å². The molecule has 0 aliphatic heterocycles. The molecular weight excluding hydrogens is 304 g/mol. The molecule has 0 spiro atoms. The van der Waals surface area contributed by atoms with E-state index >= 15 is 0 Å². The van der Waals surface area contributed by atoms with Gasteiger partial charge in [0.25, 0.3) is 0 Å². The van der Waals surface area contributed by atoms with Gasteiger partial charge in [0, 0.05) is 0 Å². The summed E-state index contributed by atoms with van der Waals surface area (Å²) in [6.07, 6.45) is 15.6. The Hall–Kier alpha value is -0.820. The second kappa shape index (κ2) is 7.06. The van der Waals surface area contributed by atoms with E-state index in [1.54, 1.807) is 5.57 Å². The fourth-order valence-electron chi connectivity index (χ4n) is 5.85. The first kappa shape index (κ1) is 19.0. The molecule has 1 nitrogen and oxygen atoms in total. The Morgan fingerprint density at radius 2 is 1.88 bits per heavy atom. The first-order valence-corrected chi connectivity index (χ1v) is 10.5. The third-order valence-corrected chi connectivity index (χ3v) is 7.26. The summed E-state index contributed by atoms with van der Waals surface area (Å²) in [7, 11) is 0. The second-order valence-electron chi connectivity index (χ2n) is 10.3. The van der Waals surface area contributed by atoms with Gasteiger partial charge in [0.1, 0.15) is 0 Å². The van der Waals surface area contributed by atoms with Gasteiger partial charge in [-0.3, -0.25) is 0 Å². The van der Waals surface area contributed by atoms with Crippen LogP contribution in [-0.4, -0.2) is 11.2 Å². The number of hydrogen-bond acceptors (Lipinski definition) is 1. The van der Waals surface area contributed by atoms with E-state index in [4.69, 9.17) is 0 Å². The van der Waals surface area contributed by atoms with Gasteiger partial charge in [0.15, 0.2) is 0 Å². The fraction of sp³-hybridized carbons (Fsp3) is 0.750. The third kappa shape index (κ3) is 3.97. The molecule has 0 radical (unpaired) electrons. The van der Waals surface area contributed by atoms with Gasteiger partial charge >= 0.3 is 0 Å². The molecule has 3 aliphatic carbocycles. The molecule has 0 heterocycles. The van der Waals surface area contributed by atoms with Gasteiger partial charge in [-0.05, 0) is 91.6 Å². The summed E-state index contributed by atoms with van der Waals surface area (Å²) < 4.78 is 0. The van der Waals surface area contributed by atoms with Crippen molar-refractivity contribution in [3.8, 4) is 0 Å². The highest BCUT2D eigenvalue weighted by Crippen LogP contribution is 2.59. The zero-order chi connectivity index (χ0) is 18.2. The van der Waals surface area contributed by atoms with Gasteiger partial charge in [-0.1, -0.05) is 52.0 Å². The van der Waals surface area contributed by atoms with Gasteiger partial charge in [-0.2, -0.15) is 0 Å². The molecule has 0 amide bonds. The average Bonchev–Trinajstić information content (AvgIpc) is 2.84. The Morgan fingerprint density at radius 1 is 1.12 bits per heavy atom. The molecule has 3 aliphatic rings. The lowest BCUT2D eigenvalue weighted by Crippen LogP contribution is -2.34. The normalized spacial score (nSPS) is 39.9. The van der Waals surface area contributed by atoms with Crippen LogP contribution in [0, 0.1) is 22.7 Å². The topological polar surface area (TPSA) is 20.2 Å². The van der Waals surface area contributed by atoms with Crippen LogP contribution in [-0.2, 0) is 0 Å². The maximum absolute atomic E-state index is 10.1. The van der Waals surface area contributed by atoms with Crippen LogP contribution in [0.2, 0.25) is 0 Å². The van der Waals surface area contributed by atoms with Crippen LogP contribution in [0.3, 0.4) is 0 Å². The summed E-state index contributed by atoms with van der Waals surface area (Å²) in [5.74, 6) is 1.65. The van der Waals surface area contributed by atoms with Gasteiger partial charge in [0.2, 0.25) is 0 Å². The Labute approximate surface area is 155 Å². The van der Waals surface area contributed by atoms with Gasteiger partial charge < -0.3 is 5.11 Å². The lowest BCUT2D eigenvalue weighted by atomic mass is 9.61. The van der Waals surface area contributed by atoms with Crippen LogP contribution in [0.5, 0.6) is 0 Å². The molecule has 1 heteroatoms. The van der Waals surface area contributed by atoms with Crippen molar-refractivity contribution >= 4 is 0 Å². The SMILES string of the molecule is C=C1/C(=C\C=C2/CCCC3(C)C(CC(C)(C)C)CCC23)CCCC1O.